The zero-order chi connectivity index (χ0) is 29.8. The molecule has 44 heavy (non-hydrogen) atoms. The molecule has 0 aliphatic heterocycles. The van der Waals surface area contributed by atoms with Crippen LogP contribution in [-0.4, -0.2) is 4.21 Å². The van der Waals surface area contributed by atoms with Gasteiger partial charge in [-0.3, -0.25) is 0 Å². The van der Waals surface area contributed by atoms with Gasteiger partial charge in [-0.25, -0.2) is 0 Å². The van der Waals surface area contributed by atoms with E-state index in [1.165, 1.54) is 89.2 Å². The van der Waals surface area contributed by atoms with Crippen molar-refractivity contribution in [3.63, 3.8) is 0 Å². The van der Waals surface area contributed by atoms with Gasteiger partial charge in [0.25, 0.3) is 0 Å². The molecule has 4 aliphatic carbocycles. The summed E-state index contributed by atoms with van der Waals surface area (Å²) in [5.41, 5.74) is 9.68. The molecule has 0 bridgehead atoms. The Labute approximate surface area is 283 Å². The predicted octanol–water partition coefficient (Wildman–Crippen LogP) is 12.3. The van der Waals surface area contributed by atoms with Gasteiger partial charge in [0.1, 0.15) is 0 Å². The molecule has 0 spiro atoms. The van der Waals surface area contributed by atoms with Crippen molar-refractivity contribution in [1.29, 1.82) is 0 Å². The van der Waals surface area contributed by atoms with E-state index in [-0.39, 0.29) is 35.6 Å². The van der Waals surface area contributed by atoms with Crippen LogP contribution in [0.15, 0.2) is 51.8 Å². The Balaban J connectivity index is 0.00000221. The number of rotatable bonds is 6. The van der Waals surface area contributed by atoms with Gasteiger partial charge in [-0.1, -0.05) is 0 Å². The van der Waals surface area contributed by atoms with Crippen molar-refractivity contribution < 1.29 is 18.3 Å². The van der Waals surface area contributed by atoms with Gasteiger partial charge in [-0.05, 0) is 0 Å². The Morgan fingerprint density at radius 1 is 0.727 bits per heavy atom. The van der Waals surface area contributed by atoms with E-state index < -0.39 is 18.3 Å². The van der Waals surface area contributed by atoms with Gasteiger partial charge in [-0.2, -0.15) is 0 Å². The summed E-state index contributed by atoms with van der Waals surface area (Å²) in [6.45, 7) is 14.5. The third kappa shape index (κ3) is 6.65. The van der Waals surface area contributed by atoms with E-state index in [0.29, 0.717) is 0 Å². The minimum absolute atomic E-state index is 0. The van der Waals surface area contributed by atoms with Crippen molar-refractivity contribution >= 4 is 32.3 Å². The van der Waals surface area contributed by atoms with Gasteiger partial charge in [0.15, 0.2) is 0 Å². The molecule has 2 fully saturated rings. The molecule has 0 unspecified atom stereocenters. The average molecular weight is 715 g/mol. The summed E-state index contributed by atoms with van der Waals surface area (Å²) in [5.74, 6) is 1.71. The van der Waals surface area contributed by atoms with Gasteiger partial charge < -0.3 is 0 Å². The van der Waals surface area contributed by atoms with Crippen molar-refractivity contribution in [3.05, 3.63) is 74.1 Å². The van der Waals surface area contributed by atoms with E-state index in [0.717, 1.165) is 24.7 Å². The average Bonchev–Trinajstić information content (AvgIpc) is 3.61. The van der Waals surface area contributed by atoms with Crippen molar-refractivity contribution in [2.45, 2.75) is 138 Å². The molecule has 0 aromatic heterocycles. The summed E-state index contributed by atoms with van der Waals surface area (Å²) in [7, 11) is 0. The zero-order valence-corrected chi connectivity index (χ0v) is 32.8. The topological polar surface area (TPSA) is 0 Å². The SMILES string of the molecule is Cl.Cl.[CH2]=[Zr]([CH2]C1CCCCC1)([CH2]C1CCCCC1)([C]1=CC=CC1)[c]1c(C(C)(C)C)ccc2c1Cc1cc(C(C)(C)C)ccc1-2. The van der Waals surface area contributed by atoms with Crippen molar-refractivity contribution in [1.82, 2.24) is 0 Å². The first-order valence-electron chi connectivity index (χ1n) is 17.6. The minimum atomic E-state index is -4.11. The second kappa shape index (κ2) is 13.4. The van der Waals surface area contributed by atoms with Gasteiger partial charge in [0, 0.05) is 0 Å². The van der Waals surface area contributed by atoms with Crippen LogP contribution in [0.4, 0.5) is 0 Å². The molecule has 6 rings (SSSR count). The van der Waals surface area contributed by atoms with Crippen molar-refractivity contribution in [2.75, 3.05) is 0 Å². The molecule has 0 amide bonds. The van der Waals surface area contributed by atoms with Gasteiger partial charge >= 0.3 is 261 Å². The second-order valence-corrected chi connectivity index (χ2v) is 31.6. The van der Waals surface area contributed by atoms with Gasteiger partial charge in [-0.15, -0.1) is 24.8 Å². The summed E-state index contributed by atoms with van der Waals surface area (Å²) in [6.07, 6.45) is 24.0. The molecule has 0 radical (unpaired) electrons. The quantitative estimate of drug-likeness (QED) is 0.238. The summed E-state index contributed by atoms with van der Waals surface area (Å²) in [5, 5.41) is 0. The van der Waals surface area contributed by atoms with E-state index in [9.17, 15) is 0 Å². The van der Waals surface area contributed by atoms with Crippen molar-refractivity contribution in [2.24, 2.45) is 11.8 Å². The van der Waals surface area contributed by atoms with E-state index in [2.05, 4.69) is 90.1 Å². The Kier molecular flexibility index (Phi) is 11.0. The van der Waals surface area contributed by atoms with Crippen LogP contribution in [-0.2, 0) is 35.5 Å². The number of halogens is 2. The van der Waals surface area contributed by atoms with Crippen LogP contribution in [0.5, 0.6) is 0 Å². The summed E-state index contributed by atoms with van der Waals surface area (Å²) < 4.78 is 12.4. The number of hydrogen-bond donors (Lipinski definition) is 0. The zero-order valence-electron chi connectivity index (χ0n) is 28.7. The molecular weight excluding hydrogens is 655 g/mol. The van der Waals surface area contributed by atoms with Crippen molar-refractivity contribution in [3.8, 4) is 11.1 Å². The molecule has 4 aliphatic rings. The molecule has 0 heterocycles. The number of allylic oxidation sites excluding steroid dienone is 4. The molecule has 2 aromatic carbocycles. The molecule has 0 saturated heterocycles. The second-order valence-electron chi connectivity index (χ2n) is 17.2. The molecular formula is C41H60Cl2Zr. The van der Waals surface area contributed by atoms with Crippen LogP contribution < -0.4 is 3.27 Å². The normalized spacial score (nSPS) is 19.6. The van der Waals surface area contributed by atoms with Crippen LogP contribution in [0.1, 0.15) is 134 Å². The monoisotopic (exact) mass is 712 g/mol. The third-order valence-electron chi connectivity index (χ3n) is 12.0. The van der Waals surface area contributed by atoms with Gasteiger partial charge in [0.05, 0.1) is 0 Å². The molecule has 242 valence electrons. The molecule has 2 saturated carbocycles. The van der Waals surface area contributed by atoms with Gasteiger partial charge in [0.2, 0.25) is 0 Å². The molecule has 2 aromatic rings. The fraction of sp³-hybridized carbons (Fsp3) is 0.585. The third-order valence-corrected chi connectivity index (χ3v) is 29.4. The first-order chi connectivity index (χ1) is 19.9. The molecule has 3 heteroatoms. The van der Waals surface area contributed by atoms with Crippen LogP contribution in [0, 0.1) is 11.8 Å². The fourth-order valence-corrected chi connectivity index (χ4v) is 30.6. The summed E-state index contributed by atoms with van der Waals surface area (Å²) in [6, 6.07) is 12.5. The molecule has 0 N–H and O–H groups in total. The summed E-state index contributed by atoms with van der Waals surface area (Å²) >= 11 is -4.11. The van der Waals surface area contributed by atoms with E-state index in [4.69, 9.17) is 4.21 Å². The van der Waals surface area contributed by atoms with Crippen LogP contribution in [0.3, 0.4) is 0 Å². The van der Waals surface area contributed by atoms with E-state index >= 15 is 0 Å². The standard InChI is InChI=1S/C21H25.2C7H13.C5H5.CH2.2ClH.Zr/c1-20(2,3)16-7-9-18-14(12-16)11-15-13-17(21(4,5)6)8-10-19(15)18;2*1-7-5-3-2-4-6-7;1-2-4-5-3-1;;;;/h7-10,12H,11H2,1-6H3;2*7H,1-6H2;1-3H,4H2;1H2;2*1H;. The number of benzene rings is 2. The first-order valence-corrected chi connectivity index (χ1v) is 25.3. The molecule has 0 nitrogen and oxygen atoms in total. The summed E-state index contributed by atoms with van der Waals surface area (Å²) in [4.78, 5) is 0. The predicted molar refractivity (Wildman–Crippen MR) is 198 cm³/mol. The van der Waals surface area contributed by atoms with Crippen LogP contribution in [0.25, 0.3) is 11.1 Å². The van der Waals surface area contributed by atoms with E-state index in [1.54, 1.807) is 16.7 Å². The Morgan fingerprint density at radius 3 is 1.80 bits per heavy atom. The number of hydrogen-bond acceptors (Lipinski definition) is 0. The number of fused-ring (bicyclic) bond motifs is 3. The maximum absolute atomic E-state index is 5.91. The Morgan fingerprint density at radius 2 is 1.30 bits per heavy atom. The van der Waals surface area contributed by atoms with E-state index in [1.807, 2.05) is 6.55 Å². The first kappa shape index (κ1) is 36.1. The van der Waals surface area contributed by atoms with Crippen LogP contribution >= 0.6 is 24.8 Å². The van der Waals surface area contributed by atoms with Crippen LogP contribution in [0.2, 0.25) is 8.26 Å². The molecule has 0 atom stereocenters. The Bertz CT molecular complexity index is 1440. The fourth-order valence-electron chi connectivity index (χ4n) is 9.94. The maximum atomic E-state index is 5.91. The Hall–Kier alpha value is -0.747.